The molecule has 136 valence electrons. The summed E-state index contributed by atoms with van der Waals surface area (Å²) in [4.78, 5) is 0. The van der Waals surface area contributed by atoms with E-state index in [1.807, 2.05) is 29.7 Å². The summed E-state index contributed by atoms with van der Waals surface area (Å²) in [5.41, 5.74) is 3.66. The van der Waals surface area contributed by atoms with Crippen molar-refractivity contribution in [2.24, 2.45) is 20.0 Å². The summed E-state index contributed by atoms with van der Waals surface area (Å²) in [5.74, 6) is 1.09. The van der Waals surface area contributed by atoms with E-state index in [0.29, 0.717) is 11.8 Å². The normalized spacial score (nSPS) is 24.7. The van der Waals surface area contributed by atoms with Gasteiger partial charge in [-0.05, 0) is 19.3 Å². The third-order valence-electron chi connectivity index (χ3n) is 5.67. The Morgan fingerprint density at radius 3 is 2.72 bits per heavy atom. The quantitative estimate of drug-likeness (QED) is 0.904. The molecule has 0 amide bonds. The van der Waals surface area contributed by atoms with Crippen molar-refractivity contribution in [2.45, 2.75) is 50.5 Å². The van der Waals surface area contributed by atoms with Gasteiger partial charge >= 0.3 is 0 Å². The lowest BCUT2D eigenvalue weighted by Gasteiger charge is -2.22. The van der Waals surface area contributed by atoms with E-state index in [4.69, 9.17) is 9.84 Å². The van der Waals surface area contributed by atoms with Crippen molar-refractivity contribution in [3.63, 3.8) is 0 Å². The van der Waals surface area contributed by atoms with Gasteiger partial charge in [-0.15, -0.1) is 0 Å². The van der Waals surface area contributed by atoms with Crippen LogP contribution in [0.25, 0.3) is 0 Å². The fraction of sp³-hybridized carbons (Fsp3) is 0.684. The zero-order chi connectivity index (χ0) is 17.2. The molecule has 6 nitrogen and oxygen atoms in total. The van der Waals surface area contributed by atoms with E-state index < -0.39 is 0 Å². The van der Waals surface area contributed by atoms with E-state index in [1.165, 1.54) is 49.0 Å². The van der Waals surface area contributed by atoms with Crippen molar-refractivity contribution in [1.82, 2.24) is 19.6 Å². The van der Waals surface area contributed by atoms with Crippen LogP contribution in [0, 0.1) is 5.92 Å². The standard InChI is InChI=1S/C19H29N5O/c1-23-12-16(11-21-23)19-15(8-9-25-19)10-20-17-13-24(2)22-18(17)14-6-4-3-5-7-14/h11-15,19-20H,3-10H2,1-2H3/t15-,19+/m1/s1. The number of hydrogen-bond acceptors (Lipinski definition) is 4. The van der Waals surface area contributed by atoms with Gasteiger partial charge < -0.3 is 10.1 Å². The smallest absolute Gasteiger partial charge is 0.0901 e. The van der Waals surface area contributed by atoms with Crippen LogP contribution in [0.2, 0.25) is 0 Å². The van der Waals surface area contributed by atoms with Crippen molar-refractivity contribution in [1.29, 1.82) is 0 Å². The second kappa shape index (κ2) is 7.20. The Hall–Kier alpha value is -1.82. The summed E-state index contributed by atoms with van der Waals surface area (Å²) in [5, 5.41) is 12.8. The average Bonchev–Trinajstić information content (AvgIpc) is 3.33. The van der Waals surface area contributed by atoms with Crippen LogP contribution in [-0.4, -0.2) is 32.7 Å². The molecule has 0 aromatic carbocycles. The number of nitrogens with zero attached hydrogens (tertiary/aromatic N) is 4. The molecule has 0 unspecified atom stereocenters. The molecule has 1 N–H and O–H groups in total. The number of aromatic nitrogens is 4. The van der Waals surface area contributed by atoms with E-state index in [1.54, 1.807) is 0 Å². The highest BCUT2D eigenvalue weighted by Gasteiger charge is 2.31. The largest absolute Gasteiger partial charge is 0.382 e. The second-order valence-electron chi connectivity index (χ2n) is 7.61. The number of anilines is 1. The van der Waals surface area contributed by atoms with Gasteiger partial charge in [0.25, 0.3) is 0 Å². The van der Waals surface area contributed by atoms with Crippen LogP contribution in [0.15, 0.2) is 18.6 Å². The molecule has 6 heteroatoms. The Morgan fingerprint density at radius 2 is 1.96 bits per heavy atom. The third kappa shape index (κ3) is 3.59. The third-order valence-corrected chi connectivity index (χ3v) is 5.67. The zero-order valence-corrected chi connectivity index (χ0v) is 15.3. The predicted octanol–water partition coefficient (Wildman–Crippen LogP) is 3.39. The summed E-state index contributed by atoms with van der Waals surface area (Å²) in [7, 11) is 3.98. The lowest BCUT2D eigenvalue weighted by atomic mass is 9.86. The van der Waals surface area contributed by atoms with Crippen molar-refractivity contribution < 1.29 is 4.74 Å². The van der Waals surface area contributed by atoms with Crippen molar-refractivity contribution in [2.75, 3.05) is 18.5 Å². The number of hydrogen-bond donors (Lipinski definition) is 1. The van der Waals surface area contributed by atoms with Gasteiger partial charge in [-0.2, -0.15) is 10.2 Å². The average molecular weight is 343 g/mol. The molecule has 2 aliphatic rings. The highest BCUT2D eigenvalue weighted by atomic mass is 16.5. The van der Waals surface area contributed by atoms with Crippen LogP contribution in [0.4, 0.5) is 5.69 Å². The van der Waals surface area contributed by atoms with Crippen LogP contribution in [-0.2, 0) is 18.8 Å². The molecule has 2 fully saturated rings. The topological polar surface area (TPSA) is 56.9 Å². The molecule has 25 heavy (non-hydrogen) atoms. The Morgan fingerprint density at radius 1 is 1.12 bits per heavy atom. The molecule has 1 aliphatic heterocycles. The molecular formula is C19H29N5O. The maximum absolute atomic E-state index is 5.99. The van der Waals surface area contributed by atoms with E-state index in [0.717, 1.165) is 19.6 Å². The van der Waals surface area contributed by atoms with Crippen LogP contribution in [0.5, 0.6) is 0 Å². The van der Waals surface area contributed by atoms with Gasteiger partial charge in [0.2, 0.25) is 0 Å². The maximum Gasteiger partial charge on any atom is 0.0901 e. The van der Waals surface area contributed by atoms with Gasteiger partial charge in [-0.25, -0.2) is 0 Å². The van der Waals surface area contributed by atoms with Gasteiger partial charge in [0.05, 0.1) is 23.7 Å². The minimum absolute atomic E-state index is 0.149. The molecule has 2 atom stereocenters. The molecular weight excluding hydrogens is 314 g/mol. The molecule has 1 saturated carbocycles. The number of nitrogens with one attached hydrogen (secondary N) is 1. The number of ether oxygens (including phenoxy) is 1. The Bertz CT molecular complexity index is 700. The van der Waals surface area contributed by atoms with Crippen LogP contribution < -0.4 is 5.32 Å². The highest BCUT2D eigenvalue weighted by molar-refractivity contribution is 5.48. The molecule has 0 radical (unpaired) electrons. The summed E-state index contributed by atoms with van der Waals surface area (Å²) < 4.78 is 9.80. The van der Waals surface area contributed by atoms with Gasteiger partial charge in [0, 0.05) is 57.0 Å². The molecule has 3 heterocycles. The van der Waals surface area contributed by atoms with Gasteiger partial charge in [0.15, 0.2) is 0 Å². The van der Waals surface area contributed by atoms with E-state index in [-0.39, 0.29) is 6.10 Å². The fourth-order valence-corrected chi connectivity index (χ4v) is 4.36. The zero-order valence-electron chi connectivity index (χ0n) is 15.3. The summed E-state index contributed by atoms with van der Waals surface area (Å²) in [6.07, 6.45) is 14.0. The molecule has 2 aromatic rings. The van der Waals surface area contributed by atoms with Crippen molar-refractivity contribution in [3.05, 3.63) is 29.8 Å². The van der Waals surface area contributed by atoms with Crippen LogP contribution in [0.3, 0.4) is 0 Å². The minimum atomic E-state index is 0.149. The predicted molar refractivity (Wildman–Crippen MR) is 97.5 cm³/mol. The monoisotopic (exact) mass is 343 g/mol. The first kappa shape index (κ1) is 16.6. The molecule has 4 rings (SSSR count). The number of aryl methyl sites for hydroxylation is 2. The SMILES string of the molecule is Cn1cc([C@H]2OCC[C@@H]2CNc2cn(C)nc2C2CCCCC2)cn1. The lowest BCUT2D eigenvalue weighted by Crippen LogP contribution is -2.18. The van der Waals surface area contributed by atoms with Crippen LogP contribution in [0.1, 0.15) is 61.8 Å². The molecule has 1 saturated heterocycles. The van der Waals surface area contributed by atoms with E-state index in [9.17, 15) is 0 Å². The Balaban J connectivity index is 1.44. The summed E-state index contributed by atoms with van der Waals surface area (Å²) in [6.45, 7) is 1.75. The fourth-order valence-electron chi connectivity index (χ4n) is 4.36. The van der Waals surface area contributed by atoms with E-state index >= 15 is 0 Å². The van der Waals surface area contributed by atoms with Crippen LogP contribution >= 0.6 is 0 Å². The van der Waals surface area contributed by atoms with Gasteiger partial charge in [-0.1, -0.05) is 19.3 Å². The first-order chi connectivity index (χ1) is 12.2. The van der Waals surface area contributed by atoms with Gasteiger partial charge in [0.1, 0.15) is 0 Å². The first-order valence-electron chi connectivity index (χ1n) is 9.58. The Labute approximate surface area is 149 Å². The maximum atomic E-state index is 5.99. The van der Waals surface area contributed by atoms with Crippen molar-refractivity contribution >= 4 is 5.69 Å². The Kier molecular flexibility index (Phi) is 4.79. The number of rotatable bonds is 5. The molecule has 0 bridgehead atoms. The highest BCUT2D eigenvalue weighted by Crippen LogP contribution is 2.37. The first-order valence-corrected chi connectivity index (χ1v) is 9.58. The van der Waals surface area contributed by atoms with E-state index in [2.05, 4.69) is 22.8 Å². The summed E-state index contributed by atoms with van der Waals surface area (Å²) >= 11 is 0. The molecule has 1 aliphatic carbocycles. The minimum Gasteiger partial charge on any atom is -0.382 e. The molecule has 2 aromatic heterocycles. The van der Waals surface area contributed by atoms with Gasteiger partial charge in [-0.3, -0.25) is 9.36 Å². The summed E-state index contributed by atoms with van der Waals surface area (Å²) in [6, 6.07) is 0. The lowest BCUT2D eigenvalue weighted by molar-refractivity contribution is 0.0932. The van der Waals surface area contributed by atoms with Crippen molar-refractivity contribution in [3.8, 4) is 0 Å². The second-order valence-corrected chi connectivity index (χ2v) is 7.61. The molecule has 0 spiro atoms.